The van der Waals surface area contributed by atoms with Gasteiger partial charge in [0.05, 0.1) is 0 Å². The van der Waals surface area contributed by atoms with E-state index in [1.54, 1.807) is 0 Å². The Morgan fingerprint density at radius 1 is 1.37 bits per heavy atom. The molecule has 1 atom stereocenters. The number of nitrogens with zero attached hydrogens (tertiary/aromatic N) is 1. The summed E-state index contributed by atoms with van der Waals surface area (Å²) < 4.78 is 0. The molecular weight excluding hydrogens is 236 g/mol. The van der Waals surface area contributed by atoms with Crippen molar-refractivity contribution in [2.24, 2.45) is 11.3 Å². The van der Waals surface area contributed by atoms with Crippen LogP contribution in [0.15, 0.2) is 24.3 Å². The number of anilines is 1. The fraction of sp³-hybridized carbons (Fsp3) is 0.562. The number of amides is 1. The molecule has 0 aromatic heterocycles. The quantitative estimate of drug-likeness (QED) is 0.883. The highest BCUT2D eigenvalue weighted by Crippen LogP contribution is 2.59. The number of hydrogen-bond acceptors (Lipinski definition) is 2. The molecule has 1 saturated carbocycles. The van der Waals surface area contributed by atoms with Crippen molar-refractivity contribution in [2.45, 2.75) is 26.2 Å². The van der Waals surface area contributed by atoms with Crippen molar-refractivity contribution in [3.8, 4) is 0 Å². The van der Waals surface area contributed by atoms with Gasteiger partial charge in [-0.1, -0.05) is 12.1 Å². The largest absolute Gasteiger partial charge is 0.317 e. The summed E-state index contributed by atoms with van der Waals surface area (Å²) in [6, 6.07) is 8.17. The first kappa shape index (κ1) is 12.7. The van der Waals surface area contributed by atoms with Gasteiger partial charge in [0.25, 0.3) is 0 Å². The van der Waals surface area contributed by atoms with E-state index >= 15 is 0 Å². The molecular formula is C16H22N2O. The van der Waals surface area contributed by atoms with Gasteiger partial charge in [0.2, 0.25) is 5.91 Å². The molecule has 1 amide bonds. The molecule has 1 aliphatic carbocycles. The van der Waals surface area contributed by atoms with Gasteiger partial charge in [-0.05, 0) is 62.4 Å². The van der Waals surface area contributed by atoms with E-state index in [0.29, 0.717) is 11.3 Å². The molecule has 0 bridgehead atoms. The van der Waals surface area contributed by atoms with Gasteiger partial charge in [0, 0.05) is 18.7 Å². The lowest BCUT2D eigenvalue weighted by Crippen LogP contribution is -2.34. The summed E-state index contributed by atoms with van der Waals surface area (Å²) in [5.74, 6) is 0.549. The predicted molar refractivity (Wildman–Crippen MR) is 77.2 cm³/mol. The smallest absolute Gasteiger partial charge is 0.230 e. The number of rotatable bonds is 2. The maximum absolute atomic E-state index is 12.6. The Labute approximate surface area is 115 Å². The molecule has 2 aliphatic rings. The molecule has 2 fully saturated rings. The molecule has 3 nitrogen and oxygen atoms in total. The summed E-state index contributed by atoms with van der Waals surface area (Å²) in [5, 5.41) is 3.38. The van der Waals surface area contributed by atoms with Crippen LogP contribution in [-0.2, 0) is 4.79 Å². The van der Waals surface area contributed by atoms with E-state index in [1.807, 2.05) is 24.1 Å². The molecule has 1 aromatic rings. The SMILES string of the molecule is Cc1cccc(N(C)C(=O)C2CC23CCNCC3)c1. The molecule has 3 rings (SSSR count). The minimum absolute atomic E-state index is 0.250. The Morgan fingerprint density at radius 3 is 2.79 bits per heavy atom. The monoisotopic (exact) mass is 258 g/mol. The third-order valence-corrected chi connectivity index (χ3v) is 4.81. The van der Waals surface area contributed by atoms with E-state index in [2.05, 4.69) is 24.4 Å². The van der Waals surface area contributed by atoms with E-state index in [4.69, 9.17) is 0 Å². The van der Waals surface area contributed by atoms with Gasteiger partial charge in [0.15, 0.2) is 0 Å². The van der Waals surface area contributed by atoms with Crippen molar-refractivity contribution >= 4 is 11.6 Å². The highest BCUT2D eigenvalue weighted by atomic mass is 16.2. The van der Waals surface area contributed by atoms with Gasteiger partial charge >= 0.3 is 0 Å². The number of nitrogens with one attached hydrogen (secondary N) is 1. The van der Waals surface area contributed by atoms with Crippen molar-refractivity contribution in [1.29, 1.82) is 0 Å². The Balaban J connectivity index is 1.71. The predicted octanol–water partition coefficient (Wildman–Crippen LogP) is 2.35. The molecule has 1 heterocycles. The average molecular weight is 258 g/mol. The minimum Gasteiger partial charge on any atom is -0.317 e. The van der Waals surface area contributed by atoms with Gasteiger partial charge in [-0.15, -0.1) is 0 Å². The number of hydrogen-bond donors (Lipinski definition) is 1. The van der Waals surface area contributed by atoms with Gasteiger partial charge in [-0.2, -0.15) is 0 Å². The Kier molecular flexibility index (Phi) is 3.09. The highest BCUT2D eigenvalue weighted by molar-refractivity contribution is 5.97. The van der Waals surface area contributed by atoms with Crippen molar-refractivity contribution in [3.05, 3.63) is 29.8 Å². The van der Waals surface area contributed by atoms with Gasteiger partial charge in [-0.25, -0.2) is 0 Å². The van der Waals surface area contributed by atoms with Crippen LogP contribution in [0, 0.1) is 18.3 Å². The second-order valence-corrected chi connectivity index (χ2v) is 6.11. The third kappa shape index (κ3) is 2.27. The average Bonchev–Trinajstić information content (AvgIpc) is 3.11. The van der Waals surface area contributed by atoms with Crippen molar-refractivity contribution in [3.63, 3.8) is 0 Å². The molecule has 1 saturated heterocycles. The zero-order chi connectivity index (χ0) is 13.5. The van der Waals surface area contributed by atoms with Crippen molar-refractivity contribution < 1.29 is 4.79 Å². The zero-order valence-corrected chi connectivity index (χ0v) is 11.8. The van der Waals surface area contributed by atoms with Crippen LogP contribution >= 0.6 is 0 Å². The van der Waals surface area contributed by atoms with Crippen LogP contribution < -0.4 is 10.2 Å². The number of piperidine rings is 1. The van der Waals surface area contributed by atoms with Crippen LogP contribution in [0.25, 0.3) is 0 Å². The van der Waals surface area contributed by atoms with Gasteiger partial charge in [-0.3, -0.25) is 4.79 Å². The summed E-state index contributed by atoms with van der Waals surface area (Å²) in [6.07, 6.45) is 3.40. The van der Waals surface area contributed by atoms with E-state index in [9.17, 15) is 4.79 Å². The number of benzene rings is 1. The van der Waals surface area contributed by atoms with Crippen LogP contribution in [0.1, 0.15) is 24.8 Å². The summed E-state index contributed by atoms with van der Waals surface area (Å²) in [4.78, 5) is 14.4. The van der Waals surface area contributed by atoms with Gasteiger partial charge in [0.1, 0.15) is 0 Å². The van der Waals surface area contributed by atoms with Crippen molar-refractivity contribution in [1.82, 2.24) is 5.32 Å². The third-order valence-electron chi connectivity index (χ3n) is 4.81. The van der Waals surface area contributed by atoms with E-state index in [-0.39, 0.29) is 5.92 Å². The lowest BCUT2D eigenvalue weighted by molar-refractivity contribution is -0.120. The molecule has 1 N–H and O–H groups in total. The lowest BCUT2D eigenvalue weighted by atomic mass is 9.91. The maximum Gasteiger partial charge on any atom is 0.230 e. The molecule has 102 valence electrons. The van der Waals surface area contributed by atoms with Crippen LogP contribution in [0.5, 0.6) is 0 Å². The molecule has 1 unspecified atom stereocenters. The molecule has 1 aromatic carbocycles. The Bertz CT molecular complexity index is 491. The molecule has 0 radical (unpaired) electrons. The van der Waals surface area contributed by atoms with Crippen molar-refractivity contribution in [2.75, 3.05) is 25.0 Å². The molecule has 1 aliphatic heterocycles. The highest BCUT2D eigenvalue weighted by Gasteiger charge is 2.58. The Morgan fingerprint density at radius 2 is 2.11 bits per heavy atom. The summed E-state index contributed by atoms with van der Waals surface area (Å²) in [5.41, 5.74) is 2.53. The lowest BCUT2D eigenvalue weighted by Gasteiger charge is -2.25. The fourth-order valence-electron chi connectivity index (χ4n) is 3.37. The van der Waals surface area contributed by atoms with E-state index in [1.165, 1.54) is 5.56 Å². The topological polar surface area (TPSA) is 32.3 Å². The van der Waals surface area contributed by atoms with Crippen LogP contribution in [0.4, 0.5) is 5.69 Å². The first-order valence-electron chi connectivity index (χ1n) is 7.17. The standard InChI is InChI=1S/C16H22N2O/c1-12-4-3-5-13(10-12)18(2)15(19)14-11-16(14)6-8-17-9-7-16/h3-5,10,14,17H,6-9,11H2,1-2H3. The Hall–Kier alpha value is -1.35. The second-order valence-electron chi connectivity index (χ2n) is 6.11. The van der Waals surface area contributed by atoms with Gasteiger partial charge < -0.3 is 10.2 Å². The normalized spacial score (nSPS) is 24.2. The summed E-state index contributed by atoms with van der Waals surface area (Å²) in [6.45, 7) is 4.20. The molecule has 1 spiro atoms. The zero-order valence-electron chi connectivity index (χ0n) is 11.8. The van der Waals surface area contributed by atoms with Crippen LogP contribution in [0.2, 0.25) is 0 Å². The van der Waals surface area contributed by atoms with Crippen LogP contribution in [-0.4, -0.2) is 26.0 Å². The van der Waals surface area contributed by atoms with E-state index < -0.39 is 0 Å². The summed E-state index contributed by atoms with van der Waals surface area (Å²) >= 11 is 0. The maximum atomic E-state index is 12.6. The number of aryl methyl sites for hydroxylation is 1. The summed E-state index contributed by atoms with van der Waals surface area (Å²) in [7, 11) is 1.91. The molecule has 19 heavy (non-hydrogen) atoms. The van der Waals surface area contributed by atoms with E-state index in [0.717, 1.165) is 38.0 Å². The first-order chi connectivity index (χ1) is 9.12. The fourth-order valence-corrected chi connectivity index (χ4v) is 3.37. The van der Waals surface area contributed by atoms with Crippen LogP contribution in [0.3, 0.4) is 0 Å². The second kappa shape index (κ2) is 4.64. The number of carbonyl (C=O) groups is 1. The number of carbonyl (C=O) groups excluding carboxylic acids is 1. The molecule has 3 heteroatoms. The first-order valence-corrected chi connectivity index (χ1v) is 7.17. The minimum atomic E-state index is 0.250.